The van der Waals surface area contributed by atoms with Crippen molar-refractivity contribution in [3.63, 3.8) is 0 Å². The van der Waals surface area contributed by atoms with Gasteiger partial charge in [0.1, 0.15) is 5.69 Å². The molecule has 24 heavy (non-hydrogen) atoms. The largest absolute Gasteiger partial charge is 0.380 e. The Bertz CT molecular complexity index is 808. The van der Waals surface area contributed by atoms with Crippen LogP contribution in [0.25, 0.3) is 0 Å². The summed E-state index contributed by atoms with van der Waals surface area (Å²) in [5.74, 6) is -0.472. The maximum Gasteiger partial charge on any atom is 0.293 e. The average Bonchev–Trinajstić information content (AvgIpc) is 2.55. The van der Waals surface area contributed by atoms with Gasteiger partial charge in [0.2, 0.25) is 0 Å². The second kappa shape index (κ2) is 7.69. The number of amides is 1. The zero-order chi connectivity index (χ0) is 17.7. The van der Waals surface area contributed by atoms with Gasteiger partial charge in [-0.1, -0.05) is 6.07 Å². The number of carbonyl (C=O) groups excluding carboxylic acids is 1. The van der Waals surface area contributed by atoms with Gasteiger partial charge < -0.3 is 10.6 Å². The molecular formula is C16H17N3O4S. The molecule has 0 heterocycles. The predicted molar refractivity (Wildman–Crippen MR) is 94.0 cm³/mol. The molecule has 0 saturated carbocycles. The summed E-state index contributed by atoms with van der Waals surface area (Å²) >= 11 is 0. The fraction of sp³-hybridized carbons (Fsp3) is 0.188. The second-order valence-electron chi connectivity index (χ2n) is 4.96. The first kappa shape index (κ1) is 17.6. The van der Waals surface area contributed by atoms with E-state index in [1.165, 1.54) is 18.2 Å². The molecule has 8 heteroatoms. The minimum atomic E-state index is -1.16. The highest BCUT2D eigenvalue weighted by Crippen LogP contribution is 2.26. The number of carbonyl (C=O) groups is 1. The van der Waals surface area contributed by atoms with Crippen LogP contribution in [0.3, 0.4) is 0 Å². The number of benzene rings is 2. The molecule has 0 aliphatic carbocycles. The lowest BCUT2D eigenvalue weighted by Gasteiger charge is -2.09. The molecule has 2 rings (SSSR count). The van der Waals surface area contributed by atoms with Gasteiger partial charge in [0.25, 0.3) is 11.6 Å². The SMILES string of the molecule is CCNc1ccc(C(=O)Nc2cccc([S@@](C)=O)c2)cc1[N+](=O)[O-]. The smallest absolute Gasteiger partial charge is 0.293 e. The summed E-state index contributed by atoms with van der Waals surface area (Å²) in [6.07, 6.45) is 1.55. The van der Waals surface area contributed by atoms with Crippen LogP contribution in [0.4, 0.5) is 17.1 Å². The molecule has 1 atom stereocenters. The van der Waals surface area contributed by atoms with Crippen LogP contribution in [0.1, 0.15) is 17.3 Å². The highest BCUT2D eigenvalue weighted by Gasteiger charge is 2.17. The van der Waals surface area contributed by atoms with Crippen molar-refractivity contribution in [2.45, 2.75) is 11.8 Å². The summed E-state index contributed by atoms with van der Waals surface area (Å²) in [7, 11) is -1.16. The molecule has 126 valence electrons. The summed E-state index contributed by atoms with van der Waals surface area (Å²) < 4.78 is 11.5. The van der Waals surface area contributed by atoms with Crippen LogP contribution < -0.4 is 10.6 Å². The van der Waals surface area contributed by atoms with Crippen molar-refractivity contribution in [3.05, 3.63) is 58.1 Å². The van der Waals surface area contributed by atoms with Crippen molar-refractivity contribution < 1.29 is 13.9 Å². The Morgan fingerprint density at radius 3 is 2.62 bits per heavy atom. The first-order valence-electron chi connectivity index (χ1n) is 7.19. The van der Waals surface area contributed by atoms with Gasteiger partial charge >= 0.3 is 0 Å². The van der Waals surface area contributed by atoms with Crippen LogP contribution in [0.15, 0.2) is 47.4 Å². The third-order valence-corrected chi connectivity index (χ3v) is 4.17. The molecule has 2 aromatic carbocycles. The van der Waals surface area contributed by atoms with Crippen LogP contribution in [-0.4, -0.2) is 27.8 Å². The van der Waals surface area contributed by atoms with Crippen molar-refractivity contribution >= 4 is 33.8 Å². The summed E-state index contributed by atoms with van der Waals surface area (Å²) in [6.45, 7) is 2.36. The number of nitro groups is 1. The Morgan fingerprint density at radius 1 is 1.25 bits per heavy atom. The number of nitrogens with one attached hydrogen (secondary N) is 2. The molecule has 0 aliphatic rings. The van der Waals surface area contributed by atoms with E-state index in [0.29, 0.717) is 22.8 Å². The van der Waals surface area contributed by atoms with Crippen LogP contribution in [0.2, 0.25) is 0 Å². The van der Waals surface area contributed by atoms with E-state index in [2.05, 4.69) is 10.6 Å². The molecule has 0 bridgehead atoms. The quantitative estimate of drug-likeness (QED) is 0.618. The van der Waals surface area contributed by atoms with Gasteiger partial charge in [-0.05, 0) is 37.3 Å². The lowest BCUT2D eigenvalue weighted by Crippen LogP contribution is -2.13. The summed E-state index contributed by atoms with van der Waals surface area (Å²) in [4.78, 5) is 23.5. The van der Waals surface area contributed by atoms with Crippen molar-refractivity contribution in [1.82, 2.24) is 0 Å². The topological polar surface area (TPSA) is 101 Å². The molecule has 0 unspecified atom stereocenters. The Balaban J connectivity index is 2.26. The molecular weight excluding hydrogens is 330 g/mol. The number of hydrogen-bond acceptors (Lipinski definition) is 5. The zero-order valence-corrected chi connectivity index (χ0v) is 14.1. The normalized spacial score (nSPS) is 11.6. The molecule has 0 spiro atoms. The highest BCUT2D eigenvalue weighted by atomic mass is 32.2. The molecule has 0 fully saturated rings. The molecule has 0 aromatic heterocycles. The van der Waals surface area contributed by atoms with E-state index in [1.807, 2.05) is 6.92 Å². The summed E-state index contributed by atoms with van der Waals surface area (Å²) in [5, 5.41) is 16.7. The fourth-order valence-corrected chi connectivity index (χ4v) is 2.68. The number of rotatable bonds is 6. The molecule has 2 N–H and O–H groups in total. The minimum Gasteiger partial charge on any atom is -0.380 e. The first-order chi connectivity index (χ1) is 11.4. The lowest BCUT2D eigenvalue weighted by atomic mass is 10.1. The Kier molecular flexibility index (Phi) is 5.64. The first-order valence-corrected chi connectivity index (χ1v) is 8.75. The number of anilines is 2. The second-order valence-corrected chi connectivity index (χ2v) is 6.34. The average molecular weight is 347 g/mol. The maximum atomic E-state index is 12.3. The van der Waals surface area contributed by atoms with E-state index < -0.39 is 21.6 Å². The van der Waals surface area contributed by atoms with Crippen LogP contribution >= 0.6 is 0 Å². The van der Waals surface area contributed by atoms with Gasteiger partial charge in [-0.3, -0.25) is 19.1 Å². The van der Waals surface area contributed by atoms with E-state index in [-0.39, 0.29) is 11.3 Å². The van der Waals surface area contributed by atoms with Gasteiger partial charge in [0, 0.05) is 45.8 Å². The number of nitro benzene ring substituents is 1. The van der Waals surface area contributed by atoms with Gasteiger partial charge in [-0.2, -0.15) is 0 Å². The van der Waals surface area contributed by atoms with Crippen molar-refractivity contribution in [2.24, 2.45) is 0 Å². The number of hydrogen-bond donors (Lipinski definition) is 2. The van der Waals surface area contributed by atoms with Crippen molar-refractivity contribution in [3.8, 4) is 0 Å². The molecule has 7 nitrogen and oxygen atoms in total. The third kappa shape index (κ3) is 4.17. The van der Waals surface area contributed by atoms with Gasteiger partial charge in [0.15, 0.2) is 0 Å². The standard InChI is InChI=1S/C16H17N3O4S/c1-3-17-14-8-7-11(9-15(14)19(21)22)16(20)18-12-5-4-6-13(10-12)24(2)23/h4-10,17H,3H2,1-2H3,(H,18,20)/t24-/m1/s1. The molecule has 1 amide bonds. The third-order valence-electron chi connectivity index (χ3n) is 3.25. The van der Waals surface area contributed by atoms with E-state index in [9.17, 15) is 19.1 Å². The maximum absolute atomic E-state index is 12.3. The fourth-order valence-electron chi connectivity index (χ4n) is 2.12. The Labute approximate surface area is 141 Å². The van der Waals surface area contributed by atoms with Gasteiger partial charge in [-0.25, -0.2) is 0 Å². The minimum absolute atomic E-state index is 0.159. The van der Waals surface area contributed by atoms with E-state index in [4.69, 9.17) is 0 Å². The summed E-state index contributed by atoms with van der Waals surface area (Å²) in [5.41, 5.74) is 0.854. The van der Waals surface area contributed by atoms with Crippen molar-refractivity contribution in [2.75, 3.05) is 23.4 Å². The monoisotopic (exact) mass is 347 g/mol. The van der Waals surface area contributed by atoms with Crippen molar-refractivity contribution in [1.29, 1.82) is 0 Å². The van der Waals surface area contributed by atoms with Gasteiger partial charge in [-0.15, -0.1) is 0 Å². The molecule has 0 aliphatic heterocycles. The van der Waals surface area contributed by atoms with E-state index in [0.717, 1.165) is 0 Å². The predicted octanol–water partition coefficient (Wildman–Crippen LogP) is 3.02. The molecule has 0 saturated heterocycles. The van der Waals surface area contributed by atoms with Gasteiger partial charge in [0.05, 0.1) is 4.92 Å². The zero-order valence-electron chi connectivity index (χ0n) is 13.2. The van der Waals surface area contributed by atoms with Crippen LogP contribution in [-0.2, 0) is 10.8 Å². The Morgan fingerprint density at radius 2 is 2.00 bits per heavy atom. The lowest BCUT2D eigenvalue weighted by molar-refractivity contribution is -0.384. The Hall–Kier alpha value is -2.74. The highest BCUT2D eigenvalue weighted by molar-refractivity contribution is 7.84. The van der Waals surface area contributed by atoms with E-state index >= 15 is 0 Å². The number of nitrogens with zero attached hydrogens (tertiary/aromatic N) is 1. The van der Waals surface area contributed by atoms with Crippen LogP contribution in [0, 0.1) is 10.1 Å². The van der Waals surface area contributed by atoms with Crippen LogP contribution in [0.5, 0.6) is 0 Å². The summed E-state index contributed by atoms with van der Waals surface area (Å²) in [6, 6.07) is 10.9. The molecule has 0 radical (unpaired) electrons. The van der Waals surface area contributed by atoms with E-state index in [1.54, 1.807) is 30.5 Å². The molecule has 2 aromatic rings.